The molecule has 0 spiro atoms. The Morgan fingerprint density at radius 3 is 2.67 bits per heavy atom. The summed E-state index contributed by atoms with van der Waals surface area (Å²) in [4.78, 5) is 14.1. The molecule has 1 aromatic heterocycles. The first-order valence-corrected chi connectivity index (χ1v) is 4.24. The first-order valence-electron chi connectivity index (χ1n) is 3.87. The zero-order valence-electron chi connectivity index (χ0n) is 7.38. The van der Waals surface area contributed by atoms with E-state index >= 15 is 0 Å². The molecule has 15 heavy (non-hydrogen) atoms. The Bertz CT molecular complexity index is 518. The van der Waals surface area contributed by atoms with Crippen molar-refractivity contribution in [2.45, 2.75) is 0 Å². The van der Waals surface area contributed by atoms with Crippen molar-refractivity contribution in [3.63, 3.8) is 0 Å². The first-order chi connectivity index (χ1) is 6.70. The summed E-state index contributed by atoms with van der Waals surface area (Å²) in [5, 5.41) is 12.3. The van der Waals surface area contributed by atoms with Crippen molar-refractivity contribution >= 4 is 45.0 Å². The van der Waals surface area contributed by atoms with Gasteiger partial charge in [-0.3, -0.25) is 15.1 Å². The Labute approximate surface area is 101 Å². The van der Waals surface area contributed by atoms with Gasteiger partial charge in [0.1, 0.15) is 0 Å². The number of hydrogen-bond acceptors (Lipinski definition) is 3. The van der Waals surface area contributed by atoms with Gasteiger partial charge < -0.3 is 0 Å². The Kier molecular flexibility index (Phi) is 3.60. The normalized spacial score (nSPS) is 9.67. The molecule has 78 valence electrons. The van der Waals surface area contributed by atoms with E-state index < -0.39 is 4.92 Å². The number of nitro groups is 1. The Balaban J connectivity index is 0.00000112. The zero-order valence-corrected chi connectivity index (χ0v) is 9.85. The molecule has 0 aliphatic rings. The summed E-state index contributed by atoms with van der Waals surface area (Å²) in [6.45, 7) is 0. The van der Waals surface area contributed by atoms with E-state index in [2.05, 4.69) is 4.98 Å². The van der Waals surface area contributed by atoms with Gasteiger partial charge in [-0.05, 0) is 12.1 Å². The molecule has 0 fully saturated rings. The first kappa shape index (κ1) is 11.9. The summed E-state index contributed by atoms with van der Waals surface area (Å²) in [5.74, 6) is 0. The average molecular weight is 290 g/mol. The van der Waals surface area contributed by atoms with Crippen LogP contribution in [0.3, 0.4) is 0 Å². The lowest BCUT2D eigenvalue weighted by Crippen LogP contribution is -1.90. The zero-order chi connectivity index (χ0) is 10.1. The van der Waals surface area contributed by atoms with Crippen LogP contribution in [-0.2, 0) is 0 Å². The minimum absolute atomic E-state index is 0. The van der Waals surface area contributed by atoms with Crippen molar-refractivity contribution in [3.8, 4) is 0 Å². The largest absolute Gasteiger partial charge is 0.278 e. The van der Waals surface area contributed by atoms with Crippen LogP contribution in [0.1, 0.15) is 0 Å². The van der Waals surface area contributed by atoms with Crippen molar-refractivity contribution in [1.29, 1.82) is 0 Å². The van der Waals surface area contributed by atoms with Gasteiger partial charge in [-0.25, -0.2) is 0 Å². The quantitative estimate of drug-likeness (QED) is 0.597. The molecule has 0 N–H and O–H groups in total. The van der Waals surface area contributed by atoms with Gasteiger partial charge in [-0.1, -0.05) is 11.6 Å². The van der Waals surface area contributed by atoms with Gasteiger partial charge >= 0.3 is 0 Å². The number of hydrogen-bond donors (Lipinski definition) is 0. The highest BCUT2D eigenvalue weighted by molar-refractivity contribution is 8.93. The number of nitro benzene ring substituents is 1. The molecule has 0 radical (unpaired) electrons. The highest BCUT2D eigenvalue weighted by Crippen LogP contribution is 2.29. The van der Waals surface area contributed by atoms with Crippen LogP contribution in [0.4, 0.5) is 5.69 Å². The summed E-state index contributed by atoms with van der Waals surface area (Å²) in [6.07, 6.45) is 3.00. The lowest BCUT2D eigenvalue weighted by atomic mass is 10.1. The molecular formula is C9H6BrClN2O2. The Morgan fingerprint density at radius 1 is 1.27 bits per heavy atom. The topological polar surface area (TPSA) is 56.0 Å². The summed E-state index contributed by atoms with van der Waals surface area (Å²) in [7, 11) is 0. The Morgan fingerprint density at radius 2 is 2.00 bits per heavy atom. The molecule has 0 aliphatic heterocycles. The van der Waals surface area contributed by atoms with Crippen LogP contribution in [0.5, 0.6) is 0 Å². The third kappa shape index (κ3) is 2.08. The summed E-state index contributed by atoms with van der Waals surface area (Å²) in [6, 6.07) is 4.55. The maximum atomic E-state index is 10.7. The fourth-order valence-corrected chi connectivity index (χ4v) is 1.53. The molecule has 4 nitrogen and oxygen atoms in total. The number of aromatic nitrogens is 1. The Hall–Kier alpha value is -1.20. The molecule has 0 atom stereocenters. The predicted molar refractivity (Wildman–Crippen MR) is 63.7 cm³/mol. The van der Waals surface area contributed by atoms with Crippen LogP contribution in [0.15, 0.2) is 30.6 Å². The van der Waals surface area contributed by atoms with E-state index in [9.17, 15) is 10.1 Å². The molecular weight excluding hydrogens is 283 g/mol. The number of fused-ring (bicyclic) bond motifs is 1. The molecule has 2 aromatic rings. The molecule has 0 bridgehead atoms. The van der Waals surface area contributed by atoms with Gasteiger partial charge in [0, 0.05) is 28.9 Å². The SMILES string of the molecule is Br.O=[N+]([O-])c1ccc(Cl)c2ccncc12. The van der Waals surface area contributed by atoms with Crippen molar-refractivity contribution in [1.82, 2.24) is 4.98 Å². The lowest BCUT2D eigenvalue weighted by Gasteiger charge is -1.99. The second kappa shape index (κ2) is 4.55. The predicted octanol–water partition coefficient (Wildman–Crippen LogP) is 3.37. The van der Waals surface area contributed by atoms with Gasteiger partial charge in [0.25, 0.3) is 5.69 Å². The monoisotopic (exact) mass is 288 g/mol. The van der Waals surface area contributed by atoms with Crippen molar-refractivity contribution in [3.05, 3.63) is 45.7 Å². The van der Waals surface area contributed by atoms with Crippen LogP contribution in [0.2, 0.25) is 5.02 Å². The number of halogens is 2. The molecule has 2 rings (SSSR count). The van der Waals surface area contributed by atoms with E-state index in [1.165, 1.54) is 18.3 Å². The number of nitrogens with zero attached hydrogens (tertiary/aromatic N) is 2. The molecule has 0 amide bonds. The van der Waals surface area contributed by atoms with Gasteiger partial charge in [0.15, 0.2) is 0 Å². The van der Waals surface area contributed by atoms with E-state index in [0.29, 0.717) is 15.8 Å². The molecule has 6 heteroatoms. The third-order valence-electron chi connectivity index (χ3n) is 1.94. The van der Waals surface area contributed by atoms with Crippen LogP contribution in [0.25, 0.3) is 10.8 Å². The summed E-state index contributed by atoms with van der Waals surface area (Å²) < 4.78 is 0. The van der Waals surface area contributed by atoms with Gasteiger partial charge in [0.05, 0.1) is 10.3 Å². The molecule has 0 unspecified atom stereocenters. The molecule has 0 aliphatic carbocycles. The lowest BCUT2D eigenvalue weighted by molar-refractivity contribution is -0.383. The highest BCUT2D eigenvalue weighted by Gasteiger charge is 2.12. The minimum Gasteiger partial charge on any atom is -0.264 e. The van der Waals surface area contributed by atoms with Crippen molar-refractivity contribution in [2.24, 2.45) is 0 Å². The van der Waals surface area contributed by atoms with Crippen LogP contribution >= 0.6 is 28.6 Å². The molecule has 0 saturated carbocycles. The number of non-ortho nitro benzene ring substituents is 1. The highest BCUT2D eigenvalue weighted by atomic mass is 79.9. The number of pyridine rings is 1. The van der Waals surface area contributed by atoms with Crippen LogP contribution in [0, 0.1) is 10.1 Å². The van der Waals surface area contributed by atoms with Gasteiger partial charge in [-0.2, -0.15) is 0 Å². The molecule has 1 heterocycles. The van der Waals surface area contributed by atoms with E-state index in [1.807, 2.05) is 0 Å². The minimum atomic E-state index is -0.444. The second-order valence-electron chi connectivity index (χ2n) is 2.74. The maximum Gasteiger partial charge on any atom is 0.278 e. The average Bonchev–Trinajstić information content (AvgIpc) is 2.18. The van der Waals surface area contributed by atoms with E-state index in [-0.39, 0.29) is 22.7 Å². The van der Waals surface area contributed by atoms with Crippen LogP contribution < -0.4 is 0 Å². The van der Waals surface area contributed by atoms with Gasteiger partial charge in [0.2, 0.25) is 0 Å². The summed E-state index contributed by atoms with van der Waals surface area (Å²) >= 11 is 5.88. The smallest absolute Gasteiger partial charge is 0.264 e. The second-order valence-corrected chi connectivity index (χ2v) is 3.15. The number of benzene rings is 1. The third-order valence-corrected chi connectivity index (χ3v) is 2.27. The van der Waals surface area contributed by atoms with Crippen molar-refractivity contribution in [2.75, 3.05) is 0 Å². The van der Waals surface area contributed by atoms with E-state index in [1.54, 1.807) is 12.3 Å². The molecule has 1 aromatic carbocycles. The fourth-order valence-electron chi connectivity index (χ4n) is 1.30. The van der Waals surface area contributed by atoms with Crippen LogP contribution in [-0.4, -0.2) is 9.91 Å². The summed E-state index contributed by atoms with van der Waals surface area (Å²) in [5.41, 5.74) is 0.0255. The van der Waals surface area contributed by atoms with Crippen molar-refractivity contribution < 1.29 is 4.92 Å². The van der Waals surface area contributed by atoms with E-state index in [0.717, 1.165) is 0 Å². The van der Waals surface area contributed by atoms with E-state index in [4.69, 9.17) is 11.6 Å². The maximum absolute atomic E-state index is 10.7. The number of rotatable bonds is 1. The molecule has 0 saturated heterocycles. The van der Waals surface area contributed by atoms with Gasteiger partial charge in [-0.15, -0.1) is 17.0 Å². The standard InChI is InChI=1S/C9H5ClN2O2.BrH/c10-8-1-2-9(12(13)14)7-5-11-4-3-6(7)8;/h1-5H;1H. The fraction of sp³-hybridized carbons (Fsp3) is 0.